The second-order valence-corrected chi connectivity index (χ2v) is 7.19. The van der Waals surface area contributed by atoms with Gasteiger partial charge in [0.15, 0.2) is 0 Å². The average molecular weight is 346 g/mol. The molecule has 1 aromatic heterocycles. The highest BCUT2D eigenvalue weighted by Gasteiger charge is 2.30. The summed E-state index contributed by atoms with van der Waals surface area (Å²) in [4.78, 5) is 27.1. The zero-order valence-electron chi connectivity index (χ0n) is 14.4. The predicted octanol–water partition coefficient (Wildman–Crippen LogP) is 2.04. The first kappa shape index (κ1) is 16.2. The Kier molecular flexibility index (Phi) is 3.81. The van der Waals surface area contributed by atoms with E-state index in [4.69, 9.17) is 5.84 Å². The van der Waals surface area contributed by atoms with Crippen molar-refractivity contribution in [1.82, 2.24) is 9.24 Å². The number of aryl methyl sites for hydroxylation is 1. The number of aromatic nitrogens is 2. The molecule has 1 saturated heterocycles. The first-order valence-electron chi connectivity index (χ1n) is 9.01. The Morgan fingerprint density at radius 2 is 1.76 bits per heavy atom. The van der Waals surface area contributed by atoms with Crippen LogP contribution in [0.15, 0.2) is 15.7 Å². The Hall–Kier alpha value is -2.31. The van der Waals surface area contributed by atoms with Crippen LogP contribution in [0.2, 0.25) is 0 Å². The third-order valence-corrected chi connectivity index (χ3v) is 5.40. The van der Waals surface area contributed by atoms with Crippen molar-refractivity contribution in [2.24, 2.45) is 0 Å². The van der Waals surface area contributed by atoms with Crippen molar-refractivity contribution >= 4 is 16.6 Å². The zero-order valence-corrected chi connectivity index (χ0v) is 14.4. The second-order valence-electron chi connectivity index (χ2n) is 7.19. The first-order valence-corrected chi connectivity index (χ1v) is 9.01. The van der Waals surface area contributed by atoms with E-state index in [0.717, 1.165) is 51.6 Å². The molecular weight excluding hydrogens is 323 g/mol. The Morgan fingerprint density at radius 1 is 1.12 bits per heavy atom. The van der Waals surface area contributed by atoms with Crippen LogP contribution in [0.3, 0.4) is 0 Å². The smallest absolute Gasteiger partial charge is 0.350 e. The van der Waals surface area contributed by atoms with Crippen LogP contribution in [-0.2, 0) is 0 Å². The van der Waals surface area contributed by atoms with Gasteiger partial charge in [-0.3, -0.25) is 9.36 Å². The highest BCUT2D eigenvalue weighted by atomic mass is 19.1. The molecule has 2 aromatic rings. The first-order chi connectivity index (χ1) is 12.0. The van der Waals surface area contributed by atoms with Crippen LogP contribution in [-0.4, -0.2) is 22.3 Å². The number of nitrogens with two attached hydrogens (primary N) is 1. The van der Waals surface area contributed by atoms with E-state index in [1.807, 2.05) is 6.92 Å². The van der Waals surface area contributed by atoms with Crippen LogP contribution in [0.5, 0.6) is 0 Å². The number of nitrogen functional groups attached to an aromatic ring is 1. The van der Waals surface area contributed by atoms with Gasteiger partial charge in [-0.05, 0) is 38.7 Å². The molecule has 0 bridgehead atoms. The van der Waals surface area contributed by atoms with E-state index in [-0.39, 0.29) is 11.4 Å². The lowest BCUT2D eigenvalue weighted by Gasteiger charge is -2.26. The molecule has 4 rings (SSSR count). The van der Waals surface area contributed by atoms with Gasteiger partial charge in [0.05, 0.1) is 16.6 Å². The second kappa shape index (κ2) is 5.89. The van der Waals surface area contributed by atoms with Crippen molar-refractivity contribution in [1.29, 1.82) is 0 Å². The van der Waals surface area contributed by atoms with Gasteiger partial charge >= 0.3 is 5.69 Å². The Labute approximate surface area is 144 Å². The van der Waals surface area contributed by atoms with E-state index in [1.165, 1.54) is 6.07 Å². The maximum atomic E-state index is 14.9. The van der Waals surface area contributed by atoms with Crippen LogP contribution < -0.4 is 22.0 Å². The van der Waals surface area contributed by atoms with Crippen molar-refractivity contribution in [2.45, 2.75) is 51.5 Å². The SMILES string of the molecule is Cc1c(N2CCCCCC2)c(F)cc2c(=O)n(N)c(=O)n(C3CC3)c12. The lowest BCUT2D eigenvalue weighted by molar-refractivity contribution is 0.613. The van der Waals surface area contributed by atoms with Gasteiger partial charge in [0, 0.05) is 24.7 Å². The van der Waals surface area contributed by atoms with Crippen LogP contribution in [0.1, 0.15) is 50.1 Å². The van der Waals surface area contributed by atoms with Crippen LogP contribution in [0.4, 0.5) is 10.1 Å². The minimum atomic E-state index is -0.638. The summed E-state index contributed by atoms with van der Waals surface area (Å²) in [6.07, 6.45) is 6.10. The van der Waals surface area contributed by atoms with Crippen molar-refractivity contribution < 1.29 is 4.39 Å². The standard InChI is InChI=1S/C18H23FN4O2/c1-11-15-13(17(24)23(20)18(25)22(15)12-6-7-12)10-14(19)16(11)21-8-4-2-3-5-9-21/h10,12H,2-9,20H2,1H3. The minimum Gasteiger partial charge on any atom is -0.369 e. The molecule has 2 aliphatic rings. The summed E-state index contributed by atoms with van der Waals surface area (Å²) >= 11 is 0. The maximum Gasteiger partial charge on any atom is 0.350 e. The molecule has 1 aliphatic carbocycles. The molecule has 2 heterocycles. The maximum absolute atomic E-state index is 14.9. The number of rotatable bonds is 2. The monoisotopic (exact) mass is 346 g/mol. The van der Waals surface area contributed by atoms with E-state index < -0.39 is 17.1 Å². The van der Waals surface area contributed by atoms with E-state index >= 15 is 0 Å². The van der Waals surface area contributed by atoms with E-state index in [9.17, 15) is 14.0 Å². The van der Waals surface area contributed by atoms with E-state index in [2.05, 4.69) is 4.90 Å². The molecule has 0 radical (unpaired) electrons. The molecule has 1 aromatic carbocycles. The van der Waals surface area contributed by atoms with Crippen LogP contribution in [0, 0.1) is 12.7 Å². The summed E-state index contributed by atoms with van der Waals surface area (Å²) in [5.41, 5.74) is 0.577. The largest absolute Gasteiger partial charge is 0.369 e. The summed E-state index contributed by atoms with van der Waals surface area (Å²) in [5.74, 6) is 5.24. The fourth-order valence-corrected chi connectivity index (χ4v) is 4.01. The van der Waals surface area contributed by atoms with Gasteiger partial charge < -0.3 is 10.7 Å². The molecule has 0 amide bonds. The fraction of sp³-hybridized carbons (Fsp3) is 0.556. The number of hydrogen-bond donors (Lipinski definition) is 1. The Balaban J connectivity index is 2.03. The molecule has 2 fully saturated rings. The summed E-state index contributed by atoms with van der Waals surface area (Å²) in [6.45, 7) is 3.40. The molecule has 25 heavy (non-hydrogen) atoms. The summed E-state index contributed by atoms with van der Waals surface area (Å²) in [6, 6.07) is 1.30. The van der Waals surface area contributed by atoms with E-state index in [0.29, 0.717) is 21.4 Å². The molecule has 134 valence electrons. The Bertz CT molecular complexity index is 950. The zero-order chi connectivity index (χ0) is 17.7. The average Bonchev–Trinajstić information content (AvgIpc) is 3.41. The number of hydrogen-bond acceptors (Lipinski definition) is 4. The lowest BCUT2D eigenvalue weighted by Crippen LogP contribution is -2.44. The van der Waals surface area contributed by atoms with Crippen molar-refractivity contribution in [3.63, 3.8) is 0 Å². The predicted molar refractivity (Wildman–Crippen MR) is 96.3 cm³/mol. The summed E-state index contributed by atoms with van der Waals surface area (Å²) in [5, 5.41) is 0.183. The van der Waals surface area contributed by atoms with Crippen LogP contribution in [0.25, 0.3) is 10.9 Å². The molecule has 0 atom stereocenters. The third kappa shape index (κ3) is 2.53. The van der Waals surface area contributed by atoms with Crippen molar-refractivity contribution in [2.75, 3.05) is 23.8 Å². The van der Waals surface area contributed by atoms with Gasteiger partial charge in [0.25, 0.3) is 5.56 Å². The number of anilines is 1. The molecule has 1 saturated carbocycles. The molecule has 2 N–H and O–H groups in total. The molecule has 1 aliphatic heterocycles. The third-order valence-electron chi connectivity index (χ3n) is 5.40. The normalized spacial score (nSPS) is 18.6. The summed E-state index contributed by atoms with van der Waals surface area (Å²) in [7, 11) is 0. The van der Waals surface area contributed by atoms with Gasteiger partial charge in [0.1, 0.15) is 5.82 Å². The molecule has 7 heteroatoms. The lowest BCUT2D eigenvalue weighted by atomic mass is 10.1. The molecular formula is C18H23FN4O2. The topological polar surface area (TPSA) is 73.3 Å². The molecule has 0 unspecified atom stereocenters. The highest BCUT2D eigenvalue weighted by Crippen LogP contribution is 2.38. The summed E-state index contributed by atoms with van der Waals surface area (Å²) < 4.78 is 17.1. The van der Waals surface area contributed by atoms with Gasteiger partial charge in [0.2, 0.25) is 0 Å². The van der Waals surface area contributed by atoms with Crippen LogP contribution >= 0.6 is 0 Å². The number of benzene rings is 1. The van der Waals surface area contributed by atoms with Gasteiger partial charge in [-0.25, -0.2) is 9.18 Å². The molecule has 6 nitrogen and oxygen atoms in total. The van der Waals surface area contributed by atoms with Gasteiger partial charge in [-0.1, -0.05) is 12.8 Å². The number of halogens is 1. The van der Waals surface area contributed by atoms with E-state index in [1.54, 1.807) is 4.57 Å². The quantitative estimate of drug-likeness (QED) is 0.845. The highest BCUT2D eigenvalue weighted by molar-refractivity contribution is 5.87. The number of fused-ring (bicyclic) bond motifs is 1. The number of nitrogens with zero attached hydrogens (tertiary/aromatic N) is 3. The van der Waals surface area contributed by atoms with Crippen molar-refractivity contribution in [3.05, 3.63) is 38.3 Å². The van der Waals surface area contributed by atoms with Gasteiger partial charge in [-0.2, -0.15) is 4.68 Å². The molecule has 0 spiro atoms. The fourth-order valence-electron chi connectivity index (χ4n) is 4.01. The van der Waals surface area contributed by atoms with Gasteiger partial charge in [-0.15, -0.1) is 0 Å². The minimum absolute atomic E-state index is 0.0477. The Morgan fingerprint density at radius 3 is 2.36 bits per heavy atom. The van der Waals surface area contributed by atoms with Crippen molar-refractivity contribution in [3.8, 4) is 0 Å².